The molecule has 0 aromatic heterocycles. The molecule has 0 aromatic rings. The summed E-state index contributed by atoms with van der Waals surface area (Å²) in [7, 11) is 1.43. The molecule has 0 saturated carbocycles. The molecule has 9 nitrogen and oxygen atoms in total. The molecule has 3 aliphatic rings. The van der Waals surface area contributed by atoms with Crippen LogP contribution in [0.1, 0.15) is 6.92 Å². The third-order valence-corrected chi connectivity index (χ3v) is 4.82. The predicted molar refractivity (Wildman–Crippen MR) is 73.2 cm³/mol. The van der Waals surface area contributed by atoms with Crippen LogP contribution in [0, 0.1) is 5.92 Å². The Morgan fingerprint density at radius 1 is 1.04 bits per heavy atom. The molecular weight excluding hydrogens is 312 g/mol. The van der Waals surface area contributed by atoms with Gasteiger partial charge in [-0.15, -0.1) is 0 Å². The number of ether oxygens (including phenoxy) is 5. The quantitative estimate of drug-likeness (QED) is 0.443. The highest BCUT2D eigenvalue weighted by Crippen LogP contribution is 2.35. The van der Waals surface area contributed by atoms with Gasteiger partial charge in [0.15, 0.2) is 12.6 Å². The maximum Gasteiger partial charge on any atom is 0.186 e. The summed E-state index contributed by atoms with van der Waals surface area (Å²) in [6.45, 7) is 1.49. The van der Waals surface area contributed by atoms with Crippen LogP contribution in [0.3, 0.4) is 0 Å². The smallest absolute Gasteiger partial charge is 0.186 e. The maximum absolute atomic E-state index is 10.2. The van der Waals surface area contributed by atoms with E-state index in [0.29, 0.717) is 0 Å². The van der Waals surface area contributed by atoms with Gasteiger partial charge in [0.2, 0.25) is 0 Å². The van der Waals surface area contributed by atoms with Gasteiger partial charge in [-0.25, -0.2) is 0 Å². The molecule has 3 fully saturated rings. The first kappa shape index (κ1) is 17.5. The largest absolute Gasteiger partial charge is 0.394 e. The van der Waals surface area contributed by atoms with E-state index in [-0.39, 0.29) is 6.61 Å². The Morgan fingerprint density at radius 2 is 1.78 bits per heavy atom. The molecule has 23 heavy (non-hydrogen) atoms. The molecule has 3 rings (SSSR count). The van der Waals surface area contributed by atoms with Crippen molar-refractivity contribution in [2.24, 2.45) is 5.92 Å². The lowest BCUT2D eigenvalue weighted by Crippen LogP contribution is -2.60. The second-order valence-corrected chi connectivity index (χ2v) is 6.23. The summed E-state index contributed by atoms with van der Waals surface area (Å²) in [6.07, 6.45) is -7.56. The number of aliphatic hydroxyl groups is 4. The molecule has 0 spiro atoms. The van der Waals surface area contributed by atoms with Crippen molar-refractivity contribution in [1.29, 1.82) is 0 Å². The van der Waals surface area contributed by atoms with Crippen LogP contribution in [-0.2, 0) is 23.7 Å². The van der Waals surface area contributed by atoms with E-state index in [0.717, 1.165) is 0 Å². The minimum Gasteiger partial charge on any atom is -0.394 e. The van der Waals surface area contributed by atoms with Gasteiger partial charge in [0.25, 0.3) is 0 Å². The summed E-state index contributed by atoms with van der Waals surface area (Å²) in [5, 5.41) is 39.7. The normalized spacial score (nSPS) is 53.5. The van der Waals surface area contributed by atoms with E-state index < -0.39 is 67.8 Å². The Labute approximate surface area is 133 Å². The SMILES string of the molecule is CO[C@H]1OC2CO[C@@H](C1O)[C@H]2O[C@@H]1OC(CO)[C@H](O)[C@H](C)C1O. The number of hydrogen-bond donors (Lipinski definition) is 4. The van der Waals surface area contributed by atoms with Gasteiger partial charge in [0, 0.05) is 13.0 Å². The van der Waals surface area contributed by atoms with Crippen molar-refractivity contribution in [2.45, 2.75) is 62.2 Å². The molecule has 0 radical (unpaired) electrons. The zero-order valence-electron chi connectivity index (χ0n) is 13.0. The van der Waals surface area contributed by atoms with E-state index in [1.807, 2.05) is 0 Å². The van der Waals surface area contributed by atoms with E-state index in [9.17, 15) is 20.4 Å². The first-order valence-corrected chi connectivity index (χ1v) is 7.73. The van der Waals surface area contributed by atoms with Gasteiger partial charge in [-0.3, -0.25) is 0 Å². The van der Waals surface area contributed by atoms with Crippen LogP contribution in [0.5, 0.6) is 0 Å². The lowest BCUT2D eigenvalue weighted by molar-refractivity contribution is -0.331. The Hall–Kier alpha value is -0.360. The van der Waals surface area contributed by atoms with Gasteiger partial charge in [0.05, 0.1) is 19.3 Å². The molecule has 10 atom stereocenters. The van der Waals surface area contributed by atoms with Gasteiger partial charge >= 0.3 is 0 Å². The van der Waals surface area contributed by atoms with E-state index in [2.05, 4.69) is 0 Å². The van der Waals surface area contributed by atoms with Gasteiger partial charge < -0.3 is 44.1 Å². The van der Waals surface area contributed by atoms with Crippen molar-refractivity contribution in [3.63, 3.8) is 0 Å². The van der Waals surface area contributed by atoms with Crippen molar-refractivity contribution in [3.05, 3.63) is 0 Å². The van der Waals surface area contributed by atoms with Gasteiger partial charge in [-0.2, -0.15) is 0 Å². The first-order chi connectivity index (χ1) is 11.0. The summed E-state index contributed by atoms with van der Waals surface area (Å²) in [6, 6.07) is 0. The molecule has 3 aliphatic heterocycles. The summed E-state index contributed by atoms with van der Waals surface area (Å²) < 4.78 is 27.4. The molecule has 4 unspecified atom stereocenters. The Balaban J connectivity index is 1.69. The highest BCUT2D eigenvalue weighted by atomic mass is 16.8. The lowest BCUT2D eigenvalue weighted by atomic mass is 9.90. The van der Waals surface area contributed by atoms with E-state index >= 15 is 0 Å². The number of rotatable bonds is 4. The predicted octanol–water partition coefficient (Wildman–Crippen LogP) is -2.42. The molecule has 0 aromatic carbocycles. The van der Waals surface area contributed by atoms with Gasteiger partial charge in [0.1, 0.15) is 36.6 Å². The minimum atomic E-state index is -1.08. The number of fused-ring (bicyclic) bond motifs is 2. The van der Waals surface area contributed by atoms with Crippen LogP contribution in [0.25, 0.3) is 0 Å². The van der Waals surface area contributed by atoms with Crippen LogP contribution >= 0.6 is 0 Å². The first-order valence-electron chi connectivity index (χ1n) is 7.73. The number of aliphatic hydroxyl groups excluding tert-OH is 4. The number of methoxy groups -OCH3 is 1. The highest BCUT2D eigenvalue weighted by molar-refractivity contribution is 4.97. The Kier molecular flexibility index (Phi) is 5.21. The molecule has 4 N–H and O–H groups in total. The second kappa shape index (κ2) is 6.87. The zero-order valence-corrected chi connectivity index (χ0v) is 13.0. The molecule has 134 valence electrons. The average molecular weight is 336 g/mol. The summed E-state index contributed by atoms with van der Waals surface area (Å²) in [5.74, 6) is -0.536. The Morgan fingerprint density at radius 3 is 2.43 bits per heavy atom. The van der Waals surface area contributed by atoms with Crippen molar-refractivity contribution < 1.29 is 44.1 Å². The standard InChI is InChI=1S/C14H24O9/c1-5-8(16)6(3-15)21-14(9(5)17)23-11-7-4-20-12(11)10(18)13(19-2)22-7/h5-18H,3-4H2,1-2H3/t5-,6?,7?,8+,9?,10?,11-,12-,13-,14-/m0/s1. The molecule has 9 heteroatoms. The third-order valence-electron chi connectivity index (χ3n) is 4.82. The molecule has 0 amide bonds. The summed E-state index contributed by atoms with van der Waals surface area (Å²) in [5.41, 5.74) is 0. The maximum atomic E-state index is 10.2. The summed E-state index contributed by atoms with van der Waals surface area (Å²) >= 11 is 0. The fraction of sp³-hybridized carbons (Fsp3) is 1.00. The molecule has 2 bridgehead atoms. The van der Waals surface area contributed by atoms with Crippen molar-refractivity contribution >= 4 is 0 Å². The van der Waals surface area contributed by atoms with E-state index in [4.69, 9.17) is 23.7 Å². The lowest BCUT2D eigenvalue weighted by Gasteiger charge is -2.44. The Bertz CT molecular complexity index is 406. The van der Waals surface area contributed by atoms with Crippen LogP contribution < -0.4 is 0 Å². The van der Waals surface area contributed by atoms with Crippen LogP contribution in [0.15, 0.2) is 0 Å². The molecule has 3 heterocycles. The molecule has 0 aliphatic carbocycles. The molecule has 3 saturated heterocycles. The van der Waals surface area contributed by atoms with Crippen LogP contribution in [0.4, 0.5) is 0 Å². The molecular formula is C14H24O9. The topological polar surface area (TPSA) is 127 Å². The fourth-order valence-electron chi connectivity index (χ4n) is 3.32. The van der Waals surface area contributed by atoms with Crippen molar-refractivity contribution in [3.8, 4) is 0 Å². The second-order valence-electron chi connectivity index (χ2n) is 6.23. The summed E-state index contributed by atoms with van der Waals surface area (Å²) in [4.78, 5) is 0. The van der Waals surface area contributed by atoms with Crippen molar-refractivity contribution in [1.82, 2.24) is 0 Å². The van der Waals surface area contributed by atoms with E-state index in [1.165, 1.54) is 7.11 Å². The monoisotopic (exact) mass is 336 g/mol. The van der Waals surface area contributed by atoms with Crippen LogP contribution in [0.2, 0.25) is 0 Å². The minimum absolute atomic E-state index is 0.233. The van der Waals surface area contributed by atoms with Crippen LogP contribution in [-0.4, -0.2) is 96.1 Å². The van der Waals surface area contributed by atoms with Crippen molar-refractivity contribution in [2.75, 3.05) is 20.3 Å². The third kappa shape index (κ3) is 3.01. The fourth-order valence-corrected chi connectivity index (χ4v) is 3.32. The highest BCUT2D eigenvalue weighted by Gasteiger charge is 2.54. The zero-order chi connectivity index (χ0) is 16.7. The van der Waals surface area contributed by atoms with Gasteiger partial charge in [-0.1, -0.05) is 6.92 Å². The van der Waals surface area contributed by atoms with Gasteiger partial charge in [-0.05, 0) is 0 Å². The average Bonchev–Trinajstić information content (AvgIpc) is 2.86. The van der Waals surface area contributed by atoms with E-state index in [1.54, 1.807) is 6.92 Å². The number of hydrogen-bond acceptors (Lipinski definition) is 9.